The van der Waals surface area contributed by atoms with Gasteiger partial charge in [0.2, 0.25) is 5.90 Å². The maximum Gasteiger partial charge on any atom is 0.236 e. The molecular weight excluding hydrogens is 310 g/mol. The second-order valence-corrected chi connectivity index (χ2v) is 6.08. The van der Waals surface area contributed by atoms with Gasteiger partial charge in [-0.05, 0) is 17.7 Å². The van der Waals surface area contributed by atoms with E-state index in [9.17, 15) is 0 Å². The molecule has 0 spiro atoms. The Bertz CT molecular complexity index is 1110. The van der Waals surface area contributed by atoms with Crippen LogP contribution >= 0.6 is 0 Å². The van der Waals surface area contributed by atoms with Crippen LogP contribution in [0.15, 0.2) is 77.9 Å². The van der Waals surface area contributed by atoms with Gasteiger partial charge < -0.3 is 4.74 Å². The van der Waals surface area contributed by atoms with Crippen LogP contribution in [0.4, 0.5) is 0 Å². The molecule has 0 fully saturated rings. The first-order valence-electron chi connectivity index (χ1n) is 8.29. The molecule has 0 bridgehead atoms. The van der Waals surface area contributed by atoms with E-state index in [1.807, 2.05) is 42.5 Å². The molecule has 4 heteroatoms. The second-order valence-electron chi connectivity index (χ2n) is 6.08. The number of hydrogen-bond donors (Lipinski definition) is 0. The van der Waals surface area contributed by atoms with Crippen molar-refractivity contribution in [3.63, 3.8) is 0 Å². The molecule has 3 heterocycles. The average molecular weight is 325 g/mol. The molecule has 1 aliphatic heterocycles. The number of fused-ring (bicyclic) bond motifs is 3. The fourth-order valence-corrected chi connectivity index (χ4v) is 3.20. The number of aromatic nitrogens is 2. The molecule has 0 aliphatic carbocycles. The Morgan fingerprint density at radius 2 is 1.60 bits per heavy atom. The van der Waals surface area contributed by atoms with Crippen LogP contribution in [0.1, 0.15) is 17.3 Å². The summed E-state index contributed by atoms with van der Waals surface area (Å²) in [6, 6.07) is 22.4. The molecule has 0 saturated carbocycles. The second kappa shape index (κ2) is 5.67. The molecule has 0 unspecified atom stereocenters. The molecule has 4 nitrogen and oxygen atoms in total. The van der Waals surface area contributed by atoms with Gasteiger partial charge in [0.05, 0.1) is 11.0 Å². The summed E-state index contributed by atoms with van der Waals surface area (Å²) in [5, 5.41) is 2.14. The summed E-state index contributed by atoms with van der Waals surface area (Å²) in [5.41, 5.74) is 3.69. The Morgan fingerprint density at radius 1 is 0.800 bits per heavy atom. The van der Waals surface area contributed by atoms with E-state index in [2.05, 4.69) is 29.2 Å². The van der Waals surface area contributed by atoms with Crippen LogP contribution < -0.4 is 0 Å². The smallest absolute Gasteiger partial charge is 0.236 e. The highest BCUT2D eigenvalue weighted by atomic mass is 16.5. The van der Waals surface area contributed by atoms with E-state index < -0.39 is 0 Å². The zero-order chi connectivity index (χ0) is 16.6. The number of pyridine rings is 2. The molecule has 120 valence electrons. The first-order chi connectivity index (χ1) is 12.4. The Hall–Kier alpha value is -3.27. The summed E-state index contributed by atoms with van der Waals surface area (Å²) < 4.78 is 5.83. The lowest BCUT2D eigenvalue weighted by Gasteiger charge is -2.05. The van der Waals surface area contributed by atoms with E-state index in [0.29, 0.717) is 12.5 Å². The minimum atomic E-state index is 0.0272. The zero-order valence-electron chi connectivity index (χ0n) is 13.5. The van der Waals surface area contributed by atoms with Gasteiger partial charge in [-0.25, -0.2) is 9.98 Å². The van der Waals surface area contributed by atoms with E-state index in [0.717, 1.165) is 33.1 Å². The van der Waals surface area contributed by atoms with Gasteiger partial charge in [0.25, 0.3) is 0 Å². The Morgan fingerprint density at radius 3 is 2.48 bits per heavy atom. The van der Waals surface area contributed by atoms with Gasteiger partial charge in [-0.1, -0.05) is 54.6 Å². The predicted molar refractivity (Wildman–Crippen MR) is 98.7 cm³/mol. The fraction of sp³-hybridized carbons (Fsp3) is 0.0952. The number of nitrogens with zero attached hydrogens (tertiary/aromatic N) is 3. The Balaban J connectivity index is 1.60. The number of rotatable bonds is 2. The molecule has 1 atom stereocenters. The van der Waals surface area contributed by atoms with Crippen LogP contribution in [0.2, 0.25) is 0 Å². The van der Waals surface area contributed by atoms with Gasteiger partial charge in [-0.15, -0.1) is 0 Å². The summed E-state index contributed by atoms with van der Waals surface area (Å²) >= 11 is 0. The molecule has 5 rings (SSSR count). The molecule has 4 aromatic rings. The van der Waals surface area contributed by atoms with Crippen LogP contribution in [0.3, 0.4) is 0 Å². The van der Waals surface area contributed by atoms with Crippen LogP contribution in [-0.4, -0.2) is 22.5 Å². The van der Waals surface area contributed by atoms with E-state index in [1.54, 1.807) is 6.20 Å². The number of aliphatic imine (C=N–C) groups is 1. The summed E-state index contributed by atoms with van der Waals surface area (Å²) in [4.78, 5) is 14.0. The van der Waals surface area contributed by atoms with Crippen molar-refractivity contribution in [1.29, 1.82) is 0 Å². The van der Waals surface area contributed by atoms with E-state index in [-0.39, 0.29) is 6.04 Å². The van der Waals surface area contributed by atoms with E-state index in [4.69, 9.17) is 14.7 Å². The van der Waals surface area contributed by atoms with Crippen molar-refractivity contribution in [2.45, 2.75) is 6.04 Å². The molecule has 25 heavy (non-hydrogen) atoms. The number of ether oxygens (including phenoxy) is 1. The lowest BCUT2D eigenvalue weighted by atomic mass is 10.1. The summed E-state index contributed by atoms with van der Waals surface area (Å²) in [7, 11) is 0. The van der Waals surface area contributed by atoms with Crippen LogP contribution in [0, 0.1) is 0 Å². The summed E-state index contributed by atoms with van der Waals surface area (Å²) in [5.74, 6) is 0.601. The predicted octanol–water partition coefficient (Wildman–Crippen LogP) is 4.30. The maximum atomic E-state index is 5.83. The van der Waals surface area contributed by atoms with Gasteiger partial charge >= 0.3 is 0 Å². The molecule has 2 aromatic carbocycles. The highest BCUT2D eigenvalue weighted by Gasteiger charge is 2.22. The number of benzene rings is 2. The van der Waals surface area contributed by atoms with Gasteiger partial charge in [-0.3, -0.25) is 4.98 Å². The highest BCUT2D eigenvalue weighted by molar-refractivity contribution is 6.04. The van der Waals surface area contributed by atoms with Crippen LogP contribution in [-0.2, 0) is 4.74 Å². The monoisotopic (exact) mass is 325 g/mol. The minimum absolute atomic E-state index is 0.0272. The van der Waals surface area contributed by atoms with Gasteiger partial charge in [-0.2, -0.15) is 0 Å². The fourth-order valence-electron chi connectivity index (χ4n) is 3.20. The van der Waals surface area contributed by atoms with Gasteiger partial charge in [0.1, 0.15) is 18.3 Å². The lowest BCUT2D eigenvalue weighted by molar-refractivity contribution is 0.319. The van der Waals surface area contributed by atoms with Crippen molar-refractivity contribution in [1.82, 2.24) is 9.97 Å². The Labute approximate surface area is 144 Å². The lowest BCUT2D eigenvalue weighted by Crippen LogP contribution is -2.04. The van der Waals surface area contributed by atoms with Crippen molar-refractivity contribution >= 4 is 27.7 Å². The van der Waals surface area contributed by atoms with E-state index >= 15 is 0 Å². The first kappa shape index (κ1) is 14.1. The van der Waals surface area contributed by atoms with Crippen molar-refractivity contribution in [2.75, 3.05) is 6.61 Å². The van der Waals surface area contributed by atoms with Gasteiger partial charge in [0, 0.05) is 17.0 Å². The highest BCUT2D eigenvalue weighted by Crippen LogP contribution is 2.26. The molecule has 2 aromatic heterocycles. The first-order valence-corrected chi connectivity index (χ1v) is 8.29. The molecule has 0 amide bonds. The minimum Gasteiger partial charge on any atom is -0.474 e. The topological polar surface area (TPSA) is 47.4 Å². The normalized spacial score (nSPS) is 16.8. The standard InChI is InChI=1S/C21H15N3O/c1-2-5-14(6-3-1)18-13-25-21(24-18)17-11-10-16-9-8-15-7-4-12-22-19(15)20(16)23-17/h1-12,18H,13H2/t18-/m0/s1. The summed E-state index contributed by atoms with van der Waals surface area (Å²) in [6.07, 6.45) is 1.80. The Kier molecular flexibility index (Phi) is 3.20. The van der Waals surface area contributed by atoms with Crippen LogP contribution in [0.25, 0.3) is 21.8 Å². The van der Waals surface area contributed by atoms with Gasteiger partial charge in [0.15, 0.2) is 0 Å². The van der Waals surface area contributed by atoms with E-state index in [1.165, 1.54) is 0 Å². The zero-order valence-corrected chi connectivity index (χ0v) is 13.5. The van der Waals surface area contributed by atoms with Crippen molar-refractivity contribution in [3.8, 4) is 0 Å². The summed E-state index contributed by atoms with van der Waals surface area (Å²) in [6.45, 7) is 0.548. The molecular formula is C21H15N3O. The molecule has 0 saturated heterocycles. The molecule has 0 radical (unpaired) electrons. The average Bonchev–Trinajstić information content (AvgIpc) is 3.18. The third kappa shape index (κ3) is 2.43. The largest absolute Gasteiger partial charge is 0.474 e. The SMILES string of the molecule is c1ccc([C@@H]2COC(c3ccc4ccc5cccnc5c4n3)=N2)cc1. The van der Waals surface area contributed by atoms with Crippen molar-refractivity contribution in [2.24, 2.45) is 4.99 Å². The number of hydrogen-bond acceptors (Lipinski definition) is 4. The third-order valence-electron chi connectivity index (χ3n) is 4.49. The molecule has 0 N–H and O–H groups in total. The third-order valence-corrected chi connectivity index (χ3v) is 4.49. The van der Waals surface area contributed by atoms with Crippen molar-refractivity contribution in [3.05, 3.63) is 84.2 Å². The van der Waals surface area contributed by atoms with Crippen LogP contribution in [0.5, 0.6) is 0 Å². The maximum absolute atomic E-state index is 5.83. The quantitative estimate of drug-likeness (QED) is 0.516. The van der Waals surface area contributed by atoms with Crippen molar-refractivity contribution < 1.29 is 4.74 Å². The molecule has 1 aliphatic rings.